The molecule has 1 amide bonds. The average molecular weight is 460 g/mol. The molecule has 1 spiro atoms. The number of nitrogens with zero attached hydrogens (tertiary/aromatic N) is 1. The molecule has 0 unspecified atom stereocenters. The fraction of sp³-hybridized carbons (Fsp3) is 0.357. The van der Waals surface area contributed by atoms with Crippen molar-refractivity contribution in [2.24, 2.45) is 0 Å². The van der Waals surface area contributed by atoms with E-state index in [-0.39, 0.29) is 11.9 Å². The molecule has 0 saturated carbocycles. The van der Waals surface area contributed by atoms with Crippen LogP contribution in [0.1, 0.15) is 51.6 Å². The van der Waals surface area contributed by atoms with Crippen LogP contribution < -0.4 is 9.47 Å². The number of carbonyl (C=O) groups is 2. The van der Waals surface area contributed by atoms with E-state index >= 15 is 0 Å². The molecule has 0 aromatic heterocycles. The molecule has 6 heteroatoms. The van der Waals surface area contributed by atoms with E-state index in [1.165, 1.54) is 0 Å². The summed E-state index contributed by atoms with van der Waals surface area (Å²) in [5, 5.41) is 1.74. The summed E-state index contributed by atoms with van der Waals surface area (Å²) in [7, 11) is 3.22. The smallest absolute Gasteiger partial charge is 0.338 e. The SMILES string of the molecule is CCc1ccc2c(c1)C(=O)OC1(CCN(C(=O)c3cc(OC)c4cccc(OC)c4c3)CC1)C2. The lowest BCUT2D eigenvalue weighted by Crippen LogP contribution is -2.51. The van der Waals surface area contributed by atoms with Crippen molar-refractivity contribution in [1.82, 2.24) is 4.90 Å². The summed E-state index contributed by atoms with van der Waals surface area (Å²) in [6.07, 6.45) is 2.82. The van der Waals surface area contributed by atoms with Crippen molar-refractivity contribution in [2.45, 2.75) is 38.2 Å². The molecule has 6 nitrogen and oxygen atoms in total. The summed E-state index contributed by atoms with van der Waals surface area (Å²) in [5.74, 6) is 1.03. The molecule has 1 fully saturated rings. The molecule has 2 heterocycles. The molecule has 176 valence electrons. The number of benzene rings is 3. The molecule has 34 heavy (non-hydrogen) atoms. The summed E-state index contributed by atoms with van der Waals surface area (Å²) >= 11 is 0. The van der Waals surface area contributed by atoms with Gasteiger partial charge in [0, 0.05) is 48.7 Å². The quantitative estimate of drug-likeness (QED) is 0.524. The molecule has 2 aliphatic heterocycles. The Morgan fingerprint density at radius 3 is 2.47 bits per heavy atom. The predicted molar refractivity (Wildman–Crippen MR) is 130 cm³/mol. The number of hydrogen-bond acceptors (Lipinski definition) is 5. The molecule has 1 saturated heterocycles. The highest BCUT2D eigenvalue weighted by molar-refractivity contribution is 6.02. The fourth-order valence-corrected chi connectivity index (χ4v) is 5.20. The van der Waals surface area contributed by atoms with E-state index in [4.69, 9.17) is 14.2 Å². The van der Waals surface area contributed by atoms with Crippen molar-refractivity contribution in [3.8, 4) is 11.5 Å². The number of esters is 1. The fourth-order valence-electron chi connectivity index (χ4n) is 5.20. The van der Waals surface area contributed by atoms with Crippen LogP contribution in [0, 0.1) is 0 Å². The van der Waals surface area contributed by atoms with Crippen LogP contribution in [0.4, 0.5) is 0 Å². The minimum atomic E-state index is -0.543. The van der Waals surface area contributed by atoms with E-state index in [0.717, 1.165) is 28.3 Å². The van der Waals surface area contributed by atoms with Crippen molar-refractivity contribution in [3.63, 3.8) is 0 Å². The molecular weight excluding hydrogens is 430 g/mol. The number of rotatable bonds is 4. The maximum Gasteiger partial charge on any atom is 0.338 e. The largest absolute Gasteiger partial charge is 0.496 e. The van der Waals surface area contributed by atoms with E-state index < -0.39 is 5.60 Å². The number of fused-ring (bicyclic) bond motifs is 2. The first kappa shape index (κ1) is 22.3. The third kappa shape index (κ3) is 3.77. The van der Waals surface area contributed by atoms with Gasteiger partial charge in [0.1, 0.15) is 17.1 Å². The zero-order chi connectivity index (χ0) is 23.9. The highest BCUT2D eigenvalue weighted by Crippen LogP contribution is 2.38. The van der Waals surface area contributed by atoms with Gasteiger partial charge in [-0.25, -0.2) is 4.79 Å². The Morgan fingerprint density at radius 2 is 1.76 bits per heavy atom. The molecule has 3 aromatic carbocycles. The third-order valence-electron chi connectivity index (χ3n) is 7.19. The number of hydrogen-bond donors (Lipinski definition) is 0. The molecule has 5 rings (SSSR count). The lowest BCUT2D eigenvalue weighted by molar-refractivity contribution is -0.0527. The van der Waals surface area contributed by atoms with Crippen LogP contribution in [0.15, 0.2) is 48.5 Å². The summed E-state index contributed by atoms with van der Waals surface area (Å²) in [5.41, 5.74) is 2.87. The van der Waals surface area contributed by atoms with Crippen molar-refractivity contribution < 1.29 is 23.8 Å². The third-order valence-corrected chi connectivity index (χ3v) is 7.19. The molecule has 0 aliphatic carbocycles. The Balaban J connectivity index is 1.36. The van der Waals surface area contributed by atoms with Crippen LogP contribution in [-0.2, 0) is 17.6 Å². The summed E-state index contributed by atoms with van der Waals surface area (Å²) < 4.78 is 17.1. The van der Waals surface area contributed by atoms with Crippen molar-refractivity contribution in [3.05, 3.63) is 70.8 Å². The van der Waals surface area contributed by atoms with E-state index in [2.05, 4.69) is 19.1 Å². The standard InChI is InChI=1S/C28H29NO5/c1-4-18-8-9-19-17-28(34-27(31)22(19)14-18)10-12-29(13-11-28)26(30)20-15-23-21(25(16-20)33-3)6-5-7-24(23)32-2/h5-9,14-16H,4,10-13,17H2,1-3H3. The van der Waals surface area contributed by atoms with Gasteiger partial charge in [-0.05, 0) is 41.8 Å². The van der Waals surface area contributed by atoms with Crippen molar-refractivity contribution >= 4 is 22.6 Å². The Hall–Kier alpha value is -3.54. The zero-order valence-electron chi connectivity index (χ0n) is 19.8. The number of methoxy groups -OCH3 is 2. The monoisotopic (exact) mass is 459 g/mol. The van der Waals surface area contributed by atoms with Crippen LogP contribution >= 0.6 is 0 Å². The minimum Gasteiger partial charge on any atom is -0.496 e. The number of ether oxygens (including phenoxy) is 3. The number of aryl methyl sites for hydroxylation is 1. The van der Waals surface area contributed by atoms with Gasteiger partial charge >= 0.3 is 5.97 Å². The molecule has 0 radical (unpaired) electrons. The Kier molecular flexibility index (Phi) is 5.68. The first-order chi connectivity index (χ1) is 16.5. The summed E-state index contributed by atoms with van der Waals surface area (Å²) in [6, 6.07) is 15.5. The molecule has 0 atom stereocenters. The van der Waals surface area contributed by atoms with E-state index in [1.54, 1.807) is 20.3 Å². The van der Waals surface area contributed by atoms with E-state index in [0.29, 0.717) is 55.0 Å². The van der Waals surface area contributed by atoms with Gasteiger partial charge in [0.2, 0.25) is 0 Å². The van der Waals surface area contributed by atoms with Crippen molar-refractivity contribution in [2.75, 3.05) is 27.3 Å². The van der Waals surface area contributed by atoms with Crippen molar-refractivity contribution in [1.29, 1.82) is 0 Å². The molecule has 2 aliphatic rings. The van der Waals surface area contributed by atoms with Crippen LogP contribution in [0.25, 0.3) is 10.8 Å². The molecule has 0 N–H and O–H groups in total. The van der Waals surface area contributed by atoms with Gasteiger partial charge in [-0.1, -0.05) is 31.2 Å². The first-order valence-electron chi connectivity index (χ1n) is 11.8. The zero-order valence-corrected chi connectivity index (χ0v) is 19.8. The van der Waals surface area contributed by atoms with Gasteiger partial charge in [0.15, 0.2) is 0 Å². The van der Waals surface area contributed by atoms with Gasteiger partial charge in [-0.2, -0.15) is 0 Å². The lowest BCUT2D eigenvalue weighted by Gasteiger charge is -2.43. The second-order valence-corrected chi connectivity index (χ2v) is 9.12. The average Bonchev–Trinajstić information content (AvgIpc) is 2.87. The van der Waals surface area contributed by atoms with Gasteiger partial charge in [0.05, 0.1) is 19.8 Å². The number of amides is 1. The van der Waals surface area contributed by atoms with Crippen LogP contribution in [-0.4, -0.2) is 49.7 Å². The first-order valence-corrected chi connectivity index (χ1v) is 11.8. The van der Waals surface area contributed by atoms with E-state index in [1.807, 2.05) is 35.2 Å². The van der Waals surface area contributed by atoms with Gasteiger partial charge < -0.3 is 19.1 Å². The molecule has 3 aromatic rings. The number of piperidine rings is 1. The maximum atomic E-state index is 13.4. The second-order valence-electron chi connectivity index (χ2n) is 9.12. The number of likely N-dealkylation sites (tertiary alicyclic amines) is 1. The highest BCUT2D eigenvalue weighted by Gasteiger charge is 2.43. The highest BCUT2D eigenvalue weighted by atomic mass is 16.6. The topological polar surface area (TPSA) is 65.1 Å². The Labute approximate surface area is 199 Å². The minimum absolute atomic E-state index is 0.0592. The van der Waals surface area contributed by atoms with Crippen LogP contribution in [0.3, 0.4) is 0 Å². The second kappa shape index (κ2) is 8.67. The Bertz CT molecular complexity index is 1270. The Morgan fingerprint density at radius 1 is 1.00 bits per heavy atom. The predicted octanol–water partition coefficient (Wildman–Crippen LogP) is 4.81. The normalized spacial score (nSPS) is 16.8. The van der Waals surface area contributed by atoms with E-state index in [9.17, 15) is 9.59 Å². The lowest BCUT2D eigenvalue weighted by atomic mass is 9.81. The van der Waals surface area contributed by atoms with Gasteiger partial charge in [0.25, 0.3) is 5.91 Å². The summed E-state index contributed by atoms with van der Waals surface area (Å²) in [4.78, 5) is 28.1. The maximum absolute atomic E-state index is 13.4. The van der Waals surface area contributed by atoms with Gasteiger partial charge in [-0.15, -0.1) is 0 Å². The molecule has 0 bridgehead atoms. The van der Waals surface area contributed by atoms with Crippen LogP contribution in [0.2, 0.25) is 0 Å². The van der Waals surface area contributed by atoms with Gasteiger partial charge in [-0.3, -0.25) is 4.79 Å². The summed E-state index contributed by atoms with van der Waals surface area (Å²) in [6.45, 7) is 3.13. The number of carbonyl (C=O) groups excluding carboxylic acids is 2. The van der Waals surface area contributed by atoms with Crippen LogP contribution in [0.5, 0.6) is 11.5 Å². The molecular formula is C28H29NO5.